The van der Waals surface area contributed by atoms with Crippen molar-refractivity contribution in [2.75, 3.05) is 4.90 Å². The highest BCUT2D eigenvalue weighted by Gasteiger charge is 2.49. The molecule has 2 fully saturated rings. The molecule has 158 valence electrons. The molecule has 0 spiro atoms. The Morgan fingerprint density at radius 1 is 0.967 bits per heavy atom. The number of benzene rings is 2. The van der Waals surface area contributed by atoms with Gasteiger partial charge in [-0.05, 0) is 61.4 Å². The van der Waals surface area contributed by atoms with Crippen LogP contribution in [0.25, 0.3) is 0 Å². The standard InChI is InChI=1S/C21H20BrClN2O4S/c22-14-5-11-18(12-6-14)30(28,29)25(17-3-1-2-4-17)19-13-20(26)24(21(19)27)16-9-7-15(23)8-10-16/h5-12,17,19H,1-4,13H2. The fourth-order valence-electron chi connectivity index (χ4n) is 4.18. The number of nitrogens with zero attached hydrogens (tertiary/aromatic N) is 2. The van der Waals surface area contributed by atoms with E-state index in [1.807, 2.05) is 0 Å². The summed E-state index contributed by atoms with van der Waals surface area (Å²) >= 11 is 9.23. The van der Waals surface area contributed by atoms with Crippen molar-refractivity contribution in [3.8, 4) is 0 Å². The number of carbonyl (C=O) groups is 2. The number of imide groups is 1. The molecule has 1 unspecified atom stereocenters. The number of hydrogen-bond donors (Lipinski definition) is 0. The Morgan fingerprint density at radius 3 is 2.17 bits per heavy atom. The van der Waals surface area contributed by atoms with Gasteiger partial charge < -0.3 is 0 Å². The zero-order valence-corrected chi connectivity index (χ0v) is 19.2. The van der Waals surface area contributed by atoms with Gasteiger partial charge in [-0.1, -0.05) is 40.4 Å². The average molecular weight is 512 g/mol. The highest BCUT2D eigenvalue weighted by molar-refractivity contribution is 9.10. The van der Waals surface area contributed by atoms with Crippen molar-refractivity contribution < 1.29 is 18.0 Å². The first-order valence-electron chi connectivity index (χ1n) is 9.70. The van der Waals surface area contributed by atoms with Crippen LogP contribution in [0.3, 0.4) is 0 Å². The summed E-state index contributed by atoms with van der Waals surface area (Å²) < 4.78 is 29.2. The minimum Gasteiger partial charge on any atom is -0.274 e. The molecule has 2 aromatic rings. The van der Waals surface area contributed by atoms with E-state index in [4.69, 9.17) is 11.6 Å². The first-order chi connectivity index (χ1) is 14.3. The zero-order valence-electron chi connectivity index (χ0n) is 16.0. The number of carbonyl (C=O) groups excluding carboxylic acids is 2. The molecule has 9 heteroatoms. The lowest BCUT2D eigenvalue weighted by atomic mass is 10.2. The molecule has 0 bridgehead atoms. The maximum atomic E-state index is 13.6. The number of hydrogen-bond acceptors (Lipinski definition) is 4. The summed E-state index contributed by atoms with van der Waals surface area (Å²) in [6.07, 6.45) is 2.97. The maximum Gasteiger partial charge on any atom is 0.252 e. The first kappa shape index (κ1) is 21.5. The normalized spacial score (nSPS) is 20.5. The molecule has 1 saturated carbocycles. The van der Waals surface area contributed by atoms with Gasteiger partial charge in [0, 0.05) is 15.5 Å². The third-order valence-electron chi connectivity index (χ3n) is 5.59. The Labute approximate surface area is 189 Å². The second kappa shape index (κ2) is 8.42. The smallest absolute Gasteiger partial charge is 0.252 e. The molecule has 2 aromatic carbocycles. The maximum absolute atomic E-state index is 13.6. The lowest BCUT2D eigenvalue weighted by molar-refractivity contribution is -0.122. The Morgan fingerprint density at radius 2 is 1.57 bits per heavy atom. The van der Waals surface area contributed by atoms with Crippen LogP contribution in [0.15, 0.2) is 57.9 Å². The molecule has 4 rings (SSSR count). The third kappa shape index (κ3) is 3.93. The molecule has 1 atom stereocenters. The van der Waals surface area contributed by atoms with E-state index in [2.05, 4.69) is 15.9 Å². The van der Waals surface area contributed by atoms with Gasteiger partial charge in [0.25, 0.3) is 5.91 Å². The highest BCUT2D eigenvalue weighted by Crippen LogP contribution is 2.36. The van der Waals surface area contributed by atoms with Gasteiger partial charge in [-0.25, -0.2) is 13.3 Å². The van der Waals surface area contributed by atoms with E-state index < -0.39 is 27.9 Å². The summed E-state index contributed by atoms with van der Waals surface area (Å²) in [6, 6.07) is 11.3. The fourth-order valence-corrected chi connectivity index (χ4v) is 6.40. The van der Waals surface area contributed by atoms with E-state index in [-0.39, 0.29) is 17.4 Å². The van der Waals surface area contributed by atoms with E-state index in [9.17, 15) is 18.0 Å². The van der Waals surface area contributed by atoms with Crippen molar-refractivity contribution in [1.29, 1.82) is 0 Å². The monoisotopic (exact) mass is 510 g/mol. The average Bonchev–Trinajstić information content (AvgIpc) is 3.32. The lowest BCUT2D eigenvalue weighted by Crippen LogP contribution is -2.49. The molecule has 0 aromatic heterocycles. The van der Waals surface area contributed by atoms with Crippen molar-refractivity contribution in [2.24, 2.45) is 0 Å². The van der Waals surface area contributed by atoms with Crippen LogP contribution in [0.4, 0.5) is 5.69 Å². The van der Waals surface area contributed by atoms with E-state index in [1.54, 1.807) is 36.4 Å². The fraction of sp³-hybridized carbons (Fsp3) is 0.333. The van der Waals surface area contributed by atoms with Crippen LogP contribution in [0, 0.1) is 0 Å². The van der Waals surface area contributed by atoms with Gasteiger partial charge in [-0.15, -0.1) is 0 Å². The molecule has 1 heterocycles. The van der Waals surface area contributed by atoms with Crippen LogP contribution in [0.1, 0.15) is 32.1 Å². The third-order valence-corrected chi connectivity index (χ3v) is 8.34. The summed E-state index contributed by atoms with van der Waals surface area (Å²) in [5.74, 6) is -0.934. The van der Waals surface area contributed by atoms with Crippen molar-refractivity contribution in [3.63, 3.8) is 0 Å². The number of amides is 2. The molecular weight excluding hydrogens is 492 g/mol. The molecule has 0 radical (unpaired) electrons. The molecule has 0 N–H and O–H groups in total. The molecule has 6 nitrogen and oxygen atoms in total. The number of rotatable bonds is 5. The van der Waals surface area contributed by atoms with Crippen molar-refractivity contribution in [2.45, 2.75) is 49.1 Å². The first-order valence-corrected chi connectivity index (χ1v) is 12.3. The van der Waals surface area contributed by atoms with E-state index in [1.165, 1.54) is 16.4 Å². The van der Waals surface area contributed by atoms with Gasteiger partial charge >= 0.3 is 0 Å². The summed E-state index contributed by atoms with van der Waals surface area (Å²) in [7, 11) is -3.96. The number of anilines is 1. The van der Waals surface area contributed by atoms with Crippen LogP contribution in [-0.2, 0) is 19.6 Å². The number of sulfonamides is 1. The Balaban J connectivity index is 1.73. The summed E-state index contributed by atoms with van der Waals surface area (Å²) in [6.45, 7) is 0. The van der Waals surface area contributed by atoms with Crippen molar-refractivity contribution >= 4 is 55.1 Å². The molecule has 1 aliphatic carbocycles. The van der Waals surface area contributed by atoms with Crippen molar-refractivity contribution in [1.82, 2.24) is 4.31 Å². The topological polar surface area (TPSA) is 74.8 Å². The lowest BCUT2D eigenvalue weighted by Gasteiger charge is -2.32. The van der Waals surface area contributed by atoms with Crippen LogP contribution < -0.4 is 4.90 Å². The Kier molecular flexibility index (Phi) is 6.03. The largest absolute Gasteiger partial charge is 0.274 e. The minimum atomic E-state index is -3.96. The van der Waals surface area contributed by atoms with Gasteiger partial charge in [0.1, 0.15) is 6.04 Å². The summed E-state index contributed by atoms with van der Waals surface area (Å²) in [5, 5.41) is 0.486. The van der Waals surface area contributed by atoms with Crippen molar-refractivity contribution in [3.05, 3.63) is 58.0 Å². The van der Waals surface area contributed by atoms with Crippen LogP contribution >= 0.6 is 27.5 Å². The molecule has 30 heavy (non-hydrogen) atoms. The van der Waals surface area contributed by atoms with Gasteiger partial charge in [0.15, 0.2) is 0 Å². The second-order valence-corrected chi connectivity index (χ2v) is 10.7. The van der Waals surface area contributed by atoms with Gasteiger partial charge in [0.2, 0.25) is 15.9 Å². The van der Waals surface area contributed by atoms with Crippen LogP contribution in [0.5, 0.6) is 0 Å². The van der Waals surface area contributed by atoms with Crippen LogP contribution in [-0.4, -0.2) is 36.6 Å². The molecule has 1 aliphatic heterocycles. The van der Waals surface area contributed by atoms with E-state index in [0.29, 0.717) is 23.6 Å². The van der Waals surface area contributed by atoms with Gasteiger partial charge in [0.05, 0.1) is 17.0 Å². The predicted octanol–water partition coefficient (Wildman–Crippen LogP) is 4.37. The summed E-state index contributed by atoms with van der Waals surface area (Å²) in [5.41, 5.74) is 0.393. The minimum absolute atomic E-state index is 0.114. The molecule has 2 amide bonds. The number of halogens is 2. The predicted molar refractivity (Wildman–Crippen MR) is 118 cm³/mol. The quantitative estimate of drug-likeness (QED) is 0.559. The zero-order chi connectivity index (χ0) is 21.5. The van der Waals surface area contributed by atoms with E-state index in [0.717, 1.165) is 22.2 Å². The molecular formula is C21H20BrClN2O4S. The molecule has 1 saturated heterocycles. The van der Waals surface area contributed by atoms with E-state index >= 15 is 0 Å². The molecule has 2 aliphatic rings. The Bertz CT molecular complexity index is 1070. The Hall–Kier alpha value is -1.74. The van der Waals surface area contributed by atoms with Gasteiger partial charge in [-0.3, -0.25) is 9.59 Å². The SMILES string of the molecule is O=C1CC(N(C2CCCC2)S(=O)(=O)c2ccc(Br)cc2)C(=O)N1c1ccc(Cl)cc1. The van der Waals surface area contributed by atoms with Crippen LogP contribution in [0.2, 0.25) is 5.02 Å². The summed E-state index contributed by atoms with van der Waals surface area (Å²) in [4.78, 5) is 27.2. The van der Waals surface area contributed by atoms with Gasteiger partial charge in [-0.2, -0.15) is 4.31 Å². The second-order valence-electron chi connectivity index (χ2n) is 7.49. The highest BCUT2D eigenvalue weighted by atomic mass is 79.9.